The Morgan fingerprint density at radius 3 is 2.34 bits per heavy atom. The first-order valence-corrected chi connectivity index (χ1v) is 10.6. The Kier molecular flexibility index (Phi) is 6.44. The number of esters is 1. The van der Waals surface area contributed by atoms with Gasteiger partial charge in [-0.05, 0) is 53.6 Å². The van der Waals surface area contributed by atoms with Crippen molar-refractivity contribution in [2.45, 2.75) is 6.61 Å². The average Bonchev–Trinajstić information content (AvgIpc) is 3.37. The molecule has 0 aliphatic carbocycles. The minimum Gasteiger partial charge on any atom is -0.493 e. The molecule has 4 aromatic rings. The lowest BCUT2D eigenvalue weighted by atomic mass is 10.0. The first-order valence-electron chi connectivity index (χ1n) is 9.67. The van der Waals surface area contributed by atoms with E-state index in [-0.39, 0.29) is 0 Å². The summed E-state index contributed by atoms with van der Waals surface area (Å²) in [7, 11) is 1.52. The van der Waals surface area contributed by atoms with Gasteiger partial charge >= 0.3 is 5.97 Å². The molecule has 7 heteroatoms. The van der Waals surface area contributed by atoms with E-state index < -0.39 is 5.97 Å². The summed E-state index contributed by atoms with van der Waals surface area (Å²) in [6.07, 6.45) is 0. The van der Waals surface area contributed by atoms with Crippen LogP contribution in [0.4, 0.5) is 0 Å². The molecule has 4 rings (SSSR count). The minimum atomic E-state index is -0.500. The molecule has 0 amide bonds. The van der Waals surface area contributed by atoms with E-state index in [1.165, 1.54) is 18.4 Å². The number of rotatable bonds is 7. The highest BCUT2D eigenvalue weighted by atomic mass is 32.1. The van der Waals surface area contributed by atoms with E-state index in [2.05, 4.69) is 11.1 Å². The van der Waals surface area contributed by atoms with Crippen LogP contribution in [0.25, 0.3) is 11.1 Å². The van der Waals surface area contributed by atoms with Crippen LogP contribution >= 0.6 is 11.3 Å². The van der Waals surface area contributed by atoms with Gasteiger partial charge in [-0.15, -0.1) is 11.3 Å². The SMILES string of the molecule is COc1cc(C(=O)Oc2ccc(-c3ccc(C#N)cc3)cc2)ccc1OCc1cscn1. The first-order chi connectivity index (χ1) is 15.7. The number of hydrogen-bond acceptors (Lipinski definition) is 7. The maximum absolute atomic E-state index is 12.6. The third-order valence-corrected chi connectivity index (χ3v) is 5.31. The molecule has 0 fully saturated rings. The molecule has 0 radical (unpaired) electrons. The first kappa shape index (κ1) is 21.1. The summed E-state index contributed by atoms with van der Waals surface area (Å²) in [5, 5.41) is 10.8. The monoisotopic (exact) mass is 442 g/mol. The highest BCUT2D eigenvalue weighted by Crippen LogP contribution is 2.30. The molecule has 0 saturated carbocycles. The molecular weight excluding hydrogens is 424 g/mol. The average molecular weight is 442 g/mol. The highest BCUT2D eigenvalue weighted by molar-refractivity contribution is 7.07. The van der Waals surface area contributed by atoms with Crippen LogP contribution < -0.4 is 14.2 Å². The van der Waals surface area contributed by atoms with Gasteiger partial charge in [-0.2, -0.15) is 5.26 Å². The topological polar surface area (TPSA) is 81.4 Å². The van der Waals surface area contributed by atoms with Crippen molar-refractivity contribution in [1.29, 1.82) is 5.26 Å². The number of thiazole rings is 1. The summed E-state index contributed by atoms with van der Waals surface area (Å²) in [5.74, 6) is 0.880. The van der Waals surface area contributed by atoms with Gasteiger partial charge in [0.2, 0.25) is 0 Å². The van der Waals surface area contributed by atoms with E-state index in [0.717, 1.165) is 16.8 Å². The van der Waals surface area contributed by atoms with Gasteiger partial charge in [0.05, 0.1) is 35.5 Å². The van der Waals surface area contributed by atoms with Gasteiger partial charge in [0.1, 0.15) is 12.4 Å². The maximum atomic E-state index is 12.6. The second kappa shape index (κ2) is 9.77. The molecule has 1 aromatic heterocycles. The summed E-state index contributed by atoms with van der Waals surface area (Å²) in [6.45, 7) is 0.315. The lowest BCUT2D eigenvalue weighted by molar-refractivity contribution is 0.0734. The Hall–Kier alpha value is -4.15. The van der Waals surface area contributed by atoms with Crippen molar-refractivity contribution in [3.8, 4) is 34.4 Å². The number of nitriles is 1. The van der Waals surface area contributed by atoms with Crippen molar-refractivity contribution in [3.63, 3.8) is 0 Å². The zero-order chi connectivity index (χ0) is 22.3. The third kappa shape index (κ3) is 4.94. The van der Waals surface area contributed by atoms with Crippen molar-refractivity contribution in [2.24, 2.45) is 0 Å². The van der Waals surface area contributed by atoms with Crippen molar-refractivity contribution in [3.05, 3.63) is 94.4 Å². The molecule has 0 bridgehead atoms. The molecule has 0 aliphatic heterocycles. The lowest BCUT2D eigenvalue weighted by Crippen LogP contribution is -2.09. The third-order valence-electron chi connectivity index (χ3n) is 4.67. The van der Waals surface area contributed by atoms with Crippen LogP contribution in [0, 0.1) is 11.3 Å². The van der Waals surface area contributed by atoms with E-state index in [4.69, 9.17) is 19.5 Å². The molecule has 32 heavy (non-hydrogen) atoms. The second-order valence-corrected chi connectivity index (χ2v) is 7.46. The summed E-state index contributed by atoms with van der Waals surface area (Å²) in [4.78, 5) is 16.8. The molecule has 6 nitrogen and oxygen atoms in total. The fraction of sp³-hybridized carbons (Fsp3) is 0.0800. The van der Waals surface area contributed by atoms with E-state index in [0.29, 0.717) is 35.0 Å². The Morgan fingerprint density at radius 2 is 1.72 bits per heavy atom. The van der Waals surface area contributed by atoms with Crippen LogP contribution in [0.3, 0.4) is 0 Å². The molecule has 0 saturated heterocycles. The number of aromatic nitrogens is 1. The Balaban J connectivity index is 1.43. The van der Waals surface area contributed by atoms with Gasteiger partial charge in [-0.25, -0.2) is 9.78 Å². The van der Waals surface area contributed by atoms with Crippen LogP contribution in [0.2, 0.25) is 0 Å². The number of ether oxygens (including phenoxy) is 3. The standard InChI is InChI=1S/C25H18N2O4S/c1-29-24-12-20(8-11-23(24)30-14-21-15-32-16-27-21)25(28)31-22-9-6-19(7-10-22)18-4-2-17(13-26)3-5-18/h2-12,15-16H,14H2,1H3. The molecule has 0 atom stereocenters. The number of carbonyl (C=O) groups is 1. The Morgan fingerprint density at radius 1 is 1.00 bits per heavy atom. The van der Waals surface area contributed by atoms with Gasteiger partial charge in [0, 0.05) is 5.38 Å². The van der Waals surface area contributed by atoms with E-state index in [1.54, 1.807) is 48.0 Å². The molecular formula is C25H18N2O4S. The van der Waals surface area contributed by atoms with Gasteiger partial charge < -0.3 is 14.2 Å². The number of methoxy groups -OCH3 is 1. The largest absolute Gasteiger partial charge is 0.493 e. The fourth-order valence-electron chi connectivity index (χ4n) is 2.99. The molecule has 3 aromatic carbocycles. The maximum Gasteiger partial charge on any atom is 0.343 e. The molecule has 0 aliphatic rings. The number of nitrogens with zero attached hydrogens (tertiary/aromatic N) is 2. The van der Waals surface area contributed by atoms with E-state index in [1.807, 2.05) is 29.6 Å². The van der Waals surface area contributed by atoms with Crippen LogP contribution in [0.5, 0.6) is 17.2 Å². The van der Waals surface area contributed by atoms with Crippen LogP contribution in [0.1, 0.15) is 21.6 Å². The summed E-state index contributed by atoms with van der Waals surface area (Å²) in [6, 6.07) is 21.5. The smallest absolute Gasteiger partial charge is 0.343 e. The summed E-state index contributed by atoms with van der Waals surface area (Å²) >= 11 is 1.50. The summed E-state index contributed by atoms with van der Waals surface area (Å²) < 4.78 is 16.6. The lowest BCUT2D eigenvalue weighted by Gasteiger charge is -2.11. The number of hydrogen-bond donors (Lipinski definition) is 0. The van der Waals surface area contributed by atoms with Crippen molar-refractivity contribution >= 4 is 17.3 Å². The van der Waals surface area contributed by atoms with Crippen LogP contribution in [-0.4, -0.2) is 18.1 Å². The van der Waals surface area contributed by atoms with E-state index in [9.17, 15) is 4.79 Å². The minimum absolute atomic E-state index is 0.315. The predicted octanol–water partition coefficient (Wildman–Crippen LogP) is 5.49. The van der Waals surface area contributed by atoms with Gasteiger partial charge in [-0.3, -0.25) is 0 Å². The van der Waals surface area contributed by atoms with Crippen LogP contribution in [0.15, 0.2) is 77.6 Å². The summed E-state index contributed by atoms with van der Waals surface area (Å²) in [5.41, 5.74) is 5.45. The molecule has 0 N–H and O–H groups in total. The Bertz CT molecular complexity index is 1240. The highest BCUT2D eigenvalue weighted by Gasteiger charge is 2.14. The zero-order valence-corrected chi connectivity index (χ0v) is 18.0. The normalized spacial score (nSPS) is 10.2. The molecule has 158 valence electrons. The molecule has 0 unspecified atom stereocenters. The van der Waals surface area contributed by atoms with Crippen LogP contribution in [-0.2, 0) is 6.61 Å². The molecule has 0 spiro atoms. The van der Waals surface area contributed by atoms with Crippen molar-refractivity contribution in [1.82, 2.24) is 4.98 Å². The molecule has 1 heterocycles. The fourth-order valence-corrected chi connectivity index (χ4v) is 3.54. The van der Waals surface area contributed by atoms with Crippen molar-refractivity contribution in [2.75, 3.05) is 7.11 Å². The van der Waals surface area contributed by atoms with Gasteiger partial charge in [0.15, 0.2) is 11.5 Å². The zero-order valence-electron chi connectivity index (χ0n) is 17.1. The van der Waals surface area contributed by atoms with Crippen molar-refractivity contribution < 1.29 is 19.0 Å². The van der Waals surface area contributed by atoms with E-state index >= 15 is 0 Å². The van der Waals surface area contributed by atoms with Gasteiger partial charge in [-0.1, -0.05) is 24.3 Å². The predicted molar refractivity (Wildman–Crippen MR) is 121 cm³/mol. The Labute approximate surface area is 189 Å². The quantitative estimate of drug-likeness (QED) is 0.278. The number of carbonyl (C=O) groups excluding carboxylic acids is 1. The van der Waals surface area contributed by atoms with Gasteiger partial charge in [0.25, 0.3) is 0 Å². The second-order valence-electron chi connectivity index (χ2n) is 6.74. The number of benzene rings is 3.